The molecule has 0 N–H and O–H groups in total. The number of nitrogens with zero attached hydrogens (tertiary/aromatic N) is 2. The Bertz CT molecular complexity index is 1010. The Morgan fingerprint density at radius 2 is 1.59 bits per heavy atom. The molecule has 0 bridgehead atoms. The van der Waals surface area contributed by atoms with Gasteiger partial charge in [-0.05, 0) is 23.8 Å². The minimum Gasteiger partial charge on any atom is -0.270 e. The van der Waals surface area contributed by atoms with Gasteiger partial charge >= 0.3 is 0 Å². The van der Waals surface area contributed by atoms with Crippen LogP contribution < -0.4 is 5.01 Å². The van der Waals surface area contributed by atoms with Gasteiger partial charge in [-0.1, -0.05) is 82.7 Å². The van der Waals surface area contributed by atoms with E-state index in [-0.39, 0.29) is 5.91 Å². The first-order valence-electron chi connectivity index (χ1n) is 8.55. The second-order valence-corrected chi connectivity index (χ2v) is 7.94. The molecule has 1 atom stereocenters. The van der Waals surface area contributed by atoms with Crippen molar-refractivity contribution in [3.63, 3.8) is 0 Å². The van der Waals surface area contributed by atoms with E-state index in [9.17, 15) is 4.79 Å². The summed E-state index contributed by atoms with van der Waals surface area (Å²) >= 11 is 10.5. The molecule has 0 saturated heterocycles. The first-order chi connectivity index (χ1) is 13.1. The van der Waals surface area contributed by atoms with Crippen LogP contribution in [-0.2, 0) is 11.2 Å². The fourth-order valence-corrected chi connectivity index (χ4v) is 3.96. The van der Waals surface area contributed by atoms with Gasteiger partial charge < -0.3 is 0 Å². The first kappa shape index (κ1) is 18.0. The van der Waals surface area contributed by atoms with Gasteiger partial charge in [0.15, 0.2) is 4.87 Å². The van der Waals surface area contributed by atoms with Gasteiger partial charge in [-0.2, -0.15) is 10.1 Å². The number of carbonyl (C=O) groups is 1. The molecule has 1 heterocycles. The number of halogens is 2. The van der Waals surface area contributed by atoms with Crippen LogP contribution in [0.4, 0.5) is 5.69 Å². The molecule has 1 aliphatic rings. The maximum atomic E-state index is 13.4. The number of alkyl halides is 1. The van der Waals surface area contributed by atoms with Crippen LogP contribution in [0.5, 0.6) is 0 Å². The van der Waals surface area contributed by atoms with E-state index in [1.165, 1.54) is 5.01 Å². The molecule has 134 valence electrons. The molecule has 3 aromatic carbocycles. The lowest BCUT2D eigenvalue weighted by molar-refractivity contribution is -0.118. The Morgan fingerprint density at radius 1 is 0.926 bits per heavy atom. The smallest absolute Gasteiger partial charge is 0.270 e. The molecule has 0 radical (unpaired) electrons. The van der Waals surface area contributed by atoms with Gasteiger partial charge in [0, 0.05) is 16.5 Å². The van der Waals surface area contributed by atoms with Crippen LogP contribution in [0.15, 0.2) is 94.5 Å². The molecule has 1 aliphatic heterocycles. The summed E-state index contributed by atoms with van der Waals surface area (Å²) in [6.45, 7) is 0. The normalized spacial score (nSPS) is 19.3. The van der Waals surface area contributed by atoms with Gasteiger partial charge in [0.05, 0.1) is 11.4 Å². The number of carbonyl (C=O) groups excluding carboxylic acids is 1. The highest BCUT2D eigenvalue weighted by Gasteiger charge is 2.50. The van der Waals surface area contributed by atoms with E-state index in [0.29, 0.717) is 17.8 Å². The second kappa shape index (κ2) is 7.29. The third-order valence-electron chi connectivity index (χ3n) is 4.50. The molecular weight excluding hydrogens is 424 g/mol. The quantitative estimate of drug-likeness (QED) is 0.500. The zero-order valence-electron chi connectivity index (χ0n) is 14.3. The highest BCUT2D eigenvalue weighted by Crippen LogP contribution is 2.37. The Labute approximate surface area is 171 Å². The van der Waals surface area contributed by atoms with Crippen LogP contribution >= 0.6 is 27.5 Å². The number of hydrogen-bond acceptors (Lipinski definition) is 2. The van der Waals surface area contributed by atoms with E-state index in [1.54, 1.807) is 0 Å². The molecule has 5 heteroatoms. The Balaban J connectivity index is 1.81. The van der Waals surface area contributed by atoms with Gasteiger partial charge in [0.2, 0.25) is 0 Å². The lowest BCUT2D eigenvalue weighted by Crippen LogP contribution is -2.43. The summed E-state index contributed by atoms with van der Waals surface area (Å²) in [6, 6.07) is 26.9. The van der Waals surface area contributed by atoms with E-state index < -0.39 is 4.87 Å². The van der Waals surface area contributed by atoms with E-state index in [0.717, 1.165) is 15.6 Å². The minimum atomic E-state index is -1.26. The molecule has 3 aromatic rings. The predicted octanol–water partition coefficient (Wildman–Crippen LogP) is 5.42. The summed E-state index contributed by atoms with van der Waals surface area (Å²) in [5.74, 6) is -0.245. The van der Waals surface area contributed by atoms with Crippen molar-refractivity contribution in [1.82, 2.24) is 0 Å². The number of hydrazone groups is 1. The van der Waals surface area contributed by atoms with Crippen LogP contribution in [0, 0.1) is 0 Å². The Kier molecular flexibility index (Phi) is 4.85. The third kappa shape index (κ3) is 3.43. The van der Waals surface area contributed by atoms with Crippen LogP contribution in [0.3, 0.4) is 0 Å². The van der Waals surface area contributed by atoms with Crippen molar-refractivity contribution in [2.45, 2.75) is 11.3 Å². The molecule has 0 unspecified atom stereocenters. The summed E-state index contributed by atoms with van der Waals surface area (Å²) < 4.78 is 0.874. The molecule has 27 heavy (non-hydrogen) atoms. The zero-order chi connectivity index (χ0) is 18.9. The monoisotopic (exact) mass is 438 g/mol. The molecule has 0 fully saturated rings. The number of anilines is 1. The molecule has 0 saturated carbocycles. The fraction of sp³-hybridized carbons (Fsp3) is 0.0909. The average Bonchev–Trinajstić information content (AvgIpc) is 2.94. The predicted molar refractivity (Wildman–Crippen MR) is 113 cm³/mol. The lowest BCUT2D eigenvalue weighted by atomic mass is 9.89. The number of amides is 1. The van der Waals surface area contributed by atoms with Crippen molar-refractivity contribution in [2.75, 3.05) is 5.01 Å². The van der Waals surface area contributed by atoms with Crippen LogP contribution in [0.1, 0.15) is 11.1 Å². The maximum Gasteiger partial charge on any atom is 0.275 e. The molecule has 0 aromatic heterocycles. The van der Waals surface area contributed by atoms with E-state index in [4.69, 9.17) is 11.6 Å². The molecule has 3 nitrogen and oxygen atoms in total. The summed E-state index contributed by atoms with van der Waals surface area (Å²) in [5.41, 5.74) is 3.08. The number of benzene rings is 3. The highest BCUT2D eigenvalue weighted by molar-refractivity contribution is 9.10. The molecule has 0 aliphatic carbocycles. The Hall–Kier alpha value is -2.43. The number of hydrogen-bond donors (Lipinski definition) is 0. The summed E-state index contributed by atoms with van der Waals surface area (Å²) in [5, 5.41) is 6.05. The van der Waals surface area contributed by atoms with Crippen molar-refractivity contribution in [2.24, 2.45) is 5.10 Å². The van der Waals surface area contributed by atoms with Crippen molar-refractivity contribution in [3.8, 4) is 0 Å². The molecular formula is C22H16BrClN2O. The van der Waals surface area contributed by atoms with Gasteiger partial charge in [-0.15, -0.1) is 11.6 Å². The van der Waals surface area contributed by atoms with Crippen molar-refractivity contribution in [1.29, 1.82) is 0 Å². The maximum absolute atomic E-state index is 13.4. The van der Waals surface area contributed by atoms with Gasteiger partial charge in [-0.3, -0.25) is 4.79 Å². The second-order valence-electron chi connectivity index (χ2n) is 6.38. The van der Waals surface area contributed by atoms with Gasteiger partial charge in [0.25, 0.3) is 5.91 Å². The van der Waals surface area contributed by atoms with E-state index >= 15 is 0 Å². The lowest BCUT2D eigenvalue weighted by Gasteiger charge is -2.23. The average molecular weight is 440 g/mol. The Morgan fingerprint density at radius 3 is 2.26 bits per heavy atom. The number of rotatable bonds is 4. The topological polar surface area (TPSA) is 32.7 Å². The largest absolute Gasteiger partial charge is 0.275 e. The van der Waals surface area contributed by atoms with Crippen molar-refractivity contribution in [3.05, 3.63) is 101 Å². The third-order valence-corrected chi connectivity index (χ3v) is 5.46. The molecule has 4 rings (SSSR count). The highest BCUT2D eigenvalue weighted by atomic mass is 79.9. The van der Waals surface area contributed by atoms with Crippen LogP contribution in [-0.4, -0.2) is 16.5 Å². The minimum absolute atomic E-state index is 0.245. The summed E-state index contributed by atoms with van der Waals surface area (Å²) in [7, 11) is 0. The van der Waals surface area contributed by atoms with Gasteiger partial charge in [-0.25, -0.2) is 0 Å². The summed E-state index contributed by atoms with van der Waals surface area (Å²) in [4.78, 5) is 12.1. The van der Waals surface area contributed by atoms with Crippen molar-refractivity contribution < 1.29 is 4.79 Å². The summed E-state index contributed by atoms with van der Waals surface area (Å²) in [6.07, 6.45) is 0.368. The van der Waals surface area contributed by atoms with Crippen LogP contribution in [0.2, 0.25) is 0 Å². The van der Waals surface area contributed by atoms with Gasteiger partial charge in [0.1, 0.15) is 0 Å². The standard InChI is InChI=1S/C22H16BrClN2O/c23-18-12-7-13-19(14-18)26-21(27)22(24,15-16-8-3-1-4-9-16)20(25-26)17-10-5-2-6-11-17/h1-14H,15H2/t22-/m1/s1. The first-order valence-corrected chi connectivity index (χ1v) is 9.72. The van der Waals surface area contributed by atoms with E-state index in [2.05, 4.69) is 21.0 Å². The van der Waals surface area contributed by atoms with E-state index in [1.807, 2.05) is 84.9 Å². The molecule has 0 spiro atoms. The zero-order valence-corrected chi connectivity index (χ0v) is 16.7. The molecule has 1 amide bonds. The van der Waals surface area contributed by atoms with Crippen molar-refractivity contribution >= 4 is 44.8 Å². The van der Waals surface area contributed by atoms with Crippen LogP contribution in [0.25, 0.3) is 0 Å². The fourth-order valence-electron chi connectivity index (χ4n) is 3.20. The SMILES string of the molecule is O=C1N(c2cccc(Br)c2)N=C(c2ccccc2)[C@]1(Cl)Cc1ccccc1.